The van der Waals surface area contributed by atoms with E-state index < -0.39 is 0 Å². The van der Waals surface area contributed by atoms with Crippen molar-refractivity contribution in [2.45, 2.75) is 44.9 Å². The van der Waals surface area contributed by atoms with Crippen molar-refractivity contribution in [1.29, 1.82) is 0 Å². The molecule has 0 aromatic carbocycles. The highest BCUT2D eigenvalue weighted by atomic mass is 15.4. The average Bonchev–Trinajstić information content (AvgIpc) is 2.50. The van der Waals surface area contributed by atoms with E-state index in [1.807, 2.05) is 0 Å². The molecule has 108 valence electrons. The molecule has 6 saturated heterocycles. The van der Waals surface area contributed by atoms with Crippen molar-refractivity contribution in [2.75, 3.05) is 52.4 Å². The van der Waals surface area contributed by atoms with E-state index in [0.717, 1.165) is 11.8 Å². The maximum Gasteiger partial charge on any atom is 0.0841 e. The first-order valence-electron chi connectivity index (χ1n) is 8.98. The van der Waals surface area contributed by atoms with Crippen LogP contribution in [0.25, 0.3) is 0 Å². The Morgan fingerprint density at radius 1 is 0.526 bits per heavy atom. The Morgan fingerprint density at radius 2 is 0.842 bits per heavy atom. The van der Waals surface area contributed by atoms with Crippen LogP contribution in [0.3, 0.4) is 0 Å². The number of piperidine rings is 6. The van der Waals surface area contributed by atoms with Crippen LogP contribution >= 0.6 is 0 Å². The van der Waals surface area contributed by atoms with Gasteiger partial charge in [-0.1, -0.05) is 0 Å². The van der Waals surface area contributed by atoms with Gasteiger partial charge in [0.2, 0.25) is 0 Å². The number of nitrogens with zero attached hydrogens (tertiary/aromatic N) is 2. The van der Waals surface area contributed by atoms with Gasteiger partial charge >= 0.3 is 0 Å². The Bertz CT molecular complexity index is 263. The summed E-state index contributed by atoms with van der Waals surface area (Å²) in [5.74, 6) is 2.23. The van der Waals surface area contributed by atoms with Crippen molar-refractivity contribution in [1.82, 2.24) is 0 Å². The van der Waals surface area contributed by atoms with Crippen LogP contribution in [-0.4, -0.2) is 61.3 Å². The molecule has 0 saturated carbocycles. The Balaban J connectivity index is 1.30. The van der Waals surface area contributed by atoms with E-state index in [9.17, 15) is 0 Å². The minimum Gasteiger partial charge on any atom is -0.323 e. The van der Waals surface area contributed by atoms with Gasteiger partial charge in [-0.2, -0.15) is 0 Å². The molecule has 2 heteroatoms. The number of hydrogen-bond donors (Lipinski definition) is 0. The molecule has 0 spiro atoms. The predicted octanol–water partition coefficient (Wildman–Crippen LogP) is 2.64. The highest BCUT2D eigenvalue weighted by molar-refractivity contribution is 4.73. The molecule has 0 amide bonds. The molecule has 0 N–H and O–H groups in total. The van der Waals surface area contributed by atoms with Gasteiger partial charge in [0.25, 0.3) is 0 Å². The largest absolute Gasteiger partial charge is 0.323 e. The molecule has 0 aromatic rings. The smallest absolute Gasteiger partial charge is 0.0841 e. The second-order valence-electron chi connectivity index (χ2n) is 8.29. The molecule has 0 aromatic heterocycles. The molecule has 4 bridgehead atoms. The SMILES string of the molecule is C(C[N+]12CCC(CC1)CC2)C[N+]12CCC(CC1)CC2. The molecule has 6 aliphatic heterocycles. The van der Waals surface area contributed by atoms with Gasteiger partial charge in [0, 0.05) is 6.42 Å². The third-order valence-electron chi connectivity index (χ3n) is 7.34. The molecule has 6 heterocycles. The molecule has 6 rings (SSSR count). The zero-order valence-electron chi connectivity index (χ0n) is 12.7. The van der Waals surface area contributed by atoms with Gasteiger partial charge in [0.05, 0.1) is 52.4 Å². The summed E-state index contributed by atoms with van der Waals surface area (Å²) in [6.07, 6.45) is 10.8. The first-order valence-corrected chi connectivity index (χ1v) is 8.98. The summed E-state index contributed by atoms with van der Waals surface area (Å²) >= 11 is 0. The van der Waals surface area contributed by atoms with Crippen molar-refractivity contribution in [2.24, 2.45) is 11.8 Å². The third kappa shape index (κ3) is 2.35. The Labute approximate surface area is 118 Å². The summed E-state index contributed by atoms with van der Waals surface area (Å²) in [5.41, 5.74) is 0. The van der Waals surface area contributed by atoms with Gasteiger partial charge in [0.15, 0.2) is 0 Å². The van der Waals surface area contributed by atoms with Crippen LogP contribution in [0.4, 0.5) is 0 Å². The molecule has 0 atom stereocenters. The zero-order valence-corrected chi connectivity index (χ0v) is 12.7. The molecule has 6 fully saturated rings. The summed E-state index contributed by atoms with van der Waals surface area (Å²) < 4.78 is 3.03. The molecular weight excluding hydrogens is 232 g/mol. The van der Waals surface area contributed by atoms with Gasteiger partial charge < -0.3 is 8.97 Å². The highest BCUT2D eigenvalue weighted by Gasteiger charge is 2.42. The van der Waals surface area contributed by atoms with Crippen LogP contribution in [0.5, 0.6) is 0 Å². The summed E-state index contributed by atoms with van der Waals surface area (Å²) in [6, 6.07) is 0. The van der Waals surface area contributed by atoms with E-state index in [1.165, 1.54) is 67.7 Å². The number of hydrogen-bond acceptors (Lipinski definition) is 0. The van der Waals surface area contributed by atoms with Gasteiger partial charge in [0.1, 0.15) is 0 Å². The molecule has 2 nitrogen and oxygen atoms in total. The van der Waals surface area contributed by atoms with E-state index in [1.54, 1.807) is 38.5 Å². The second kappa shape index (κ2) is 4.73. The van der Waals surface area contributed by atoms with Crippen molar-refractivity contribution < 1.29 is 8.97 Å². The van der Waals surface area contributed by atoms with Crippen molar-refractivity contribution in [3.63, 3.8) is 0 Å². The summed E-state index contributed by atoms with van der Waals surface area (Å²) in [6.45, 7) is 12.1. The number of fused-ring (bicyclic) bond motifs is 6. The Morgan fingerprint density at radius 3 is 1.16 bits per heavy atom. The fourth-order valence-corrected chi connectivity index (χ4v) is 5.69. The van der Waals surface area contributed by atoms with E-state index in [4.69, 9.17) is 0 Å². The molecule has 0 radical (unpaired) electrons. The van der Waals surface area contributed by atoms with Crippen LogP contribution in [0, 0.1) is 11.8 Å². The van der Waals surface area contributed by atoms with E-state index in [-0.39, 0.29) is 0 Å². The minimum atomic E-state index is 1.11. The molecular formula is C17H32N2+2. The Kier molecular flexibility index (Phi) is 3.15. The van der Waals surface area contributed by atoms with E-state index in [0.29, 0.717) is 0 Å². The Hall–Kier alpha value is -0.0800. The fraction of sp³-hybridized carbons (Fsp3) is 1.00. The molecule has 0 unspecified atom stereocenters. The number of quaternary nitrogens is 2. The van der Waals surface area contributed by atoms with Gasteiger partial charge in [-0.3, -0.25) is 0 Å². The van der Waals surface area contributed by atoms with Crippen LogP contribution in [-0.2, 0) is 0 Å². The standard InChI is InChI=1S/C17H32N2/c1(8-18-10-2-16(3-11-18)4-12-18)9-19-13-5-17(6-14-19)7-15-19/h16-17H,1-15H2/q+2. The van der Waals surface area contributed by atoms with Gasteiger partial charge in [-0.25, -0.2) is 0 Å². The fourth-order valence-electron chi connectivity index (χ4n) is 5.69. The molecule has 6 aliphatic rings. The third-order valence-corrected chi connectivity index (χ3v) is 7.34. The topological polar surface area (TPSA) is 0 Å². The van der Waals surface area contributed by atoms with Gasteiger partial charge in [-0.05, 0) is 50.4 Å². The second-order valence-corrected chi connectivity index (χ2v) is 8.29. The van der Waals surface area contributed by atoms with Crippen LogP contribution in [0.1, 0.15) is 44.9 Å². The lowest BCUT2D eigenvalue weighted by molar-refractivity contribution is -0.960. The quantitative estimate of drug-likeness (QED) is 0.685. The first kappa shape index (κ1) is 12.6. The van der Waals surface area contributed by atoms with Crippen molar-refractivity contribution in [3.8, 4) is 0 Å². The monoisotopic (exact) mass is 264 g/mol. The maximum atomic E-state index is 1.54. The summed E-state index contributed by atoms with van der Waals surface area (Å²) in [5, 5.41) is 0. The molecule has 0 aliphatic carbocycles. The lowest BCUT2D eigenvalue weighted by Gasteiger charge is -2.51. The van der Waals surface area contributed by atoms with E-state index >= 15 is 0 Å². The predicted molar refractivity (Wildman–Crippen MR) is 78.8 cm³/mol. The first-order chi connectivity index (χ1) is 9.28. The van der Waals surface area contributed by atoms with E-state index in [2.05, 4.69) is 0 Å². The van der Waals surface area contributed by atoms with Crippen molar-refractivity contribution >= 4 is 0 Å². The van der Waals surface area contributed by atoms with Gasteiger partial charge in [-0.15, -0.1) is 0 Å². The van der Waals surface area contributed by atoms with Crippen LogP contribution < -0.4 is 0 Å². The lowest BCUT2D eigenvalue weighted by Crippen LogP contribution is -2.61. The summed E-state index contributed by atoms with van der Waals surface area (Å²) in [7, 11) is 0. The normalized spacial score (nSPS) is 48.6. The number of rotatable bonds is 4. The van der Waals surface area contributed by atoms with Crippen molar-refractivity contribution in [3.05, 3.63) is 0 Å². The minimum absolute atomic E-state index is 1.11. The lowest BCUT2D eigenvalue weighted by atomic mass is 9.84. The molecule has 19 heavy (non-hydrogen) atoms. The highest BCUT2D eigenvalue weighted by Crippen LogP contribution is 2.36. The maximum absolute atomic E-state index is 1.54. The van der Waals surface area contributed by atoms with Crippen LogP contribution in [0.2, 0.25) is 0 Å². The zero-order chi connectivity index (χ0) is 12.8. The average molecular weight is 264 g/mol. The van der Waals surface area contributed by atoms with Crippen LogP contribution in [0.15, 0.2) is 0 Å². The summed E-state index contributed by atoms with van der Waals surface area (Å²) in [4.78, 5) is 0.